The summed E-state index contributed by atoms with van der Waals surface area (Å²) in [6, 6.07) is 1.06. The highest BCUT2D eigenvalue weighted by molar-refractivity contribution is 5.05. The van der Waals surface area contributed by atoms with Crippen LogP contribution in [0.5, 0.6) is 0 Å². The lowest BCUT2D eigenvalue weighted by molar-refractivity contribution is -0.0704. The van der Waals surface area contributed by atoms with Crippen molar-refractivity contribution in [1.29, 1.82) is 0 Å². The molecule has 1 aliphatic rings. The Balaban J connectivity index is 2.35. The molecular formula is C11H12N2O6. The third-order valence-corrected chi connectivity index (χ3v) is 2.88. The topological polar surface area (TPSA) is 125 Å². The van der Waals surface area contributed by atoms with Gasteiger partial charge in [-0.2, -0.15) is 0 Å². The summed E-state index contributed by atoms with van der Waals surface area (Å²) in [5.74, 6) is 1.97. The van der Waals surface area contributed by atoms with Crippen molar-refractivity contribution in [3.05, 3.63) is 33.1 Å². The Kier molecular flexibility index (Phi) is 3.55. The number of aliphatic hydroxyl groups excluding tert-OH is 3. The van der Waals surface area contributed by atoms with E-state index in [1.165, 1.54) is 0 Å². The van der Waals surface area contributed by atoms with Gasteiger partial charge in [-0.25, -0.2) is 4.79 Å². The van der Waals surface area contributed by atoms with Crippen LogP contribution in [0.3, 0.4) is 0 Å². The Morgan fingerprint density at radius 3 is 2.68 bits per heavy atom. The second-order valence-corrected chi connectivity index (χ2v) is 4.10. The van der Waals surface area contributed by atoms with Crippen LogP contribution in [0.25, 0.3) is 0 Å². The predicted molar refractivity (Wildman–Crippen MR) is 62.1 cm³/mol. The van der Waals surface area contributed by atoms with E-state index < -0.39 is 41.9 Å². The standard InChI is InChI=1S/C11H12N2O6/c1-2-5(14)9-7(16)8(17)10(19-9)13-4-3-6(15)12-11(13)18/h1,3-5,7-10,14,16-17H,(H,12,15,18)/t5-,7+,8-,9-,10-/m1/s1. The lowest BCUT2D eigenvalue weighted by atomic mass is 10.1. The van der Waals surface area contributed by atoms with E-state index in [2.05, 4.69) is 0 Å². The number of ether oxygens (including phenoxy) is 1. The molecule has 8 nitrogen and oxygen atoms in total. The van der Waals surface area contributed by atoms with E-state index in [0.717, 1.165) is 16.8 Å². The van der Waals surface area contributed by atoms with Crippen LogP contribution in [0.2, 0.25) is 0 Å². The van der Waals surface area contributed by atoms with Gasteiger partial charge in [-0.15, -0.1) is 6.42 Å². The van der Waals surface area contributed by atoms with Gasteiger partial charge in [-0.05, 0) is 0 Å². The van der Waals surface area contributed by atoms with Gasteiger partial charge in [0.15, 0.2) is 6.23 Å². The van der Waals surface area contributed by atoms with Crippen molar-refractivity contribution < 1.29 is 20.1 Å². The maximum atomic E-state index is 11.6. The van der Waals surface area contributed by atoms with Gasteiger partial charge in [0.25, 0.3) is 5.56 Å². The van der Waals surface area contributed by atoms with E-state index in [4.69, 9.17) is 11.2 Å². The average molecular weight is 268 g/mol. The minimum absolute atomic E-state index is 0.602. The number of hydrogen-bond donors (Lipinski definition) is 4. The van der Waals surface area contributed by atoms with Crippen LogP contribution in [0, 0.1) is 12.3 Å². The molecule has 0 bridgehead atoms. The van der Waals surface area contributed by atoms with Crippen LogP contribution in [0.1, 0.15) is 6.23 Å². The van der Waals surface area contributed by atoms with Crippen LogP contribution < -0.4 is 11.2 Å². The second kappa shape index (κ2) is 4.99. The number of rotatable bonds is 2. The summed E-state index contributed by atoms with van der Waals surface area (Å²) >= 11 is 0. The molecule has 1 aliphatic heterocycles. The highest BCUT2D eigenvalue weighted by Gasteiger charge is 2.46. The molecule has 1 aromatic heterocycles. The van der Waals surface area contributed by atoms with Crippen molar-refractivity contribution in [2.45, 2.75) is 30.6 Å². The predicted octanol–water partition coefficient (Wildman–Crippen LogP) is -2.85. The first-order valence-corrected chi connectivity index (χ1v) is 5.43. The zero-order chi connectivity index (χ0) is 14.2. The molecule has 0 amide bonds. The number of terminal acetylenes is 1. The van der Waals surface area contributed by atoms with E-state index in [1.54, 1.807) is 0 Å². The summed E-state index contributed by atoms with van der Waals surface area (Å²) in [5.41, 5.74) is -1.41. The summed E-state index contributed by atoms with van der Waals surface area (Å²) in [7, 11) is 0. The number of aromatic nitrogens is 2. The fourth-order valence-corrected chi connectivity index (χ4v) is 1.90. The maximum Gasteiger partial charge on any atom is 0.330 e. The summed E-state index contributed by atoms with van der Waals surface area (Å²) in [6.45, 7) is 0. The number of hydrogen-bond acceptors (Lipinski definition) is 6. The fraction of sp³-hybridized carbons (Fsp3) is 0.455. The van der Waals surface area contributed by atoms with Crippen LogP contribution in [-0.2, 0) is 4.74 Å². The monoisotopic (exact) mass is 268 g/mol. The van der Waals surface area contributed by atoms with E-state index in [-0.39, 0.29) is 0 Å². The first kappa shape index (κ1) is 13.5. The highest BCUT2D eigenvalue weighted by Crippen LogP contribution is 2.29. The van der Waals surface area contributed by atoms with Gasteiger partial charge in [0.05, 0.1) is 0 Å². The number of nitrogens with zero attached hydrogens (tertiary/aromatic N) is 1. The Labute approximate surface area is 106 Å². The molecule has 0 aromatic carbocycles. The molecule has 19 heavy (non-hydrogen) atoms. The summed E-state index contributed by atoms with van der Waals surface area (Å²) < 4.78 is 6.10. The molecule has 1 saturated heterocycles. The Morgan fingerprint density at radius 2 is 2.11 bits per heavy atom. The van der Waals surface area contributed by atoms with Gasteiger partial charge in [0.2, 0.25) is 0 Å². The zero-order valence-electron chi connectivity index (χ0n) is 9.63. The molecule has 2 heterocycles. The van der Waals surface area contributed by atoms with Gasteiger partial charge in [-0.3, -0.25) is 14.3 Å². The minimum atomic E-state index is -1.46. The largest absolute Gasteiger partial charge is 0.387 e. The number of aliphatic hydroxyl groups is 3. The van der Waals surface area contributed by atoms with Crippen LogP contribution in [0.15, 0.2) is 21.9 Å². The van der Waals surface area contributed by atoms with E-state index >= 15 is 0 Å². The van der Waals surface area contributed by atoms with Crippen molar-refractivity contribution in [3.63, 3.8) is 0 Å². The van der Waals surface area contributed by atoms with Crippen LogP contribution >= 0.6 is 0 Å². The van der Waals surface area contributed by atoms with Crippen LogP contribution in [-0.4, -0.2) is 49.3 Å². The van der Waals surface area contributed by atoms with Crippen molar-refractivity contribution >= 4 is 0 Å². The van der Waals surface area contributed by atoms with E-state index in [1.807, 2.05) is 10.9 Å². The van der Waals surface area contributed by atoms with Gasteiger partial charge >= 0.3 is 5.69 Å². The lowest BCUT2D eigenvalue weighted by Gasteiger charge is -2.17. The molecule has 0 unspecified atom stereocenters. The van der Waals surface area contributed by atoms with Gasteiger partial charge in [0.1, 0.15) is 24.4 Å². The molecule has 2 rings (SSSR count). The SMILES string of the molecule is C#C[C@@H](O)[C@H]1O[C@@H](n2ccc(=O)[nH]c2=O)[C@H](O)[C@@H]1O. The Bertz CT molecular complexity index is 615. The zero-order valence-corrected chi connectivity index (χ0v) is 9.63. The quantitative estimate of drug-likeness (QED) is 0.428. The Hall–Kier alpha value is -1.92. The van der Waals surface area contributed by atoms with Crippen molar-refractivity contribution in [3.8, 4) is 12.3 Å². The molecule has 8 heteroatoms. The number of H-pyrrole nitrogens is 1. The summed E-state index contributed by atoms with van der Waals surface area (Å²) in [4.78, 5) is 24.5. The minimum Gasteiger partial charge on any atom is -0.387 e. The van der Waals surface area contributed by atoms with Gasteiger partial charge in [0, 0.05) is 12.3 Å². The van der Waals surface area contributed by atoms with E-state index in [0.29, 0.717) is 0 Å². The average Bonchev–Trinajstić information content (AvgIpc) is 2.66. The third-order valence-electron chi connectivity index (χ3n) is 2.88. The second-order valence-electron chi connectivity index (χ2n) is 4.10. The normalized spacial score (nSPS) is 31.9. The van der Waals surface area contributed by atoms with Crippen molar-refractivity contribution in [2.75, 3.05) is 0 Å². The van der Waals surface area contributed by atoms with Crippen molar-refractivity contribution in [2.24, 2.45) is 0 Å². The molecule has 4 N–H and O–H groups in total. The molecule has 1 aromatic rings. The molecule has 0 saturated carbocycles. The molecular weight excluding hydrogens is 256 g/mol. The molecule has 0 aliphatic carbocycles. The first-order chi connectivity index (χ1) is 8.95. The maximum absolute atomic E-state index is 11.6. The van der Waals surface area contributed by atoms with Crippen molar-refractivity contribution in [1.82, 2.24) is 9.55 Å². The molecule has 0 radical (unpaired) electrons. The van der Waals surface area contributed by atoms with Crippen LogP contribution in [0.4, 0.5) is 0 Å². The Morgan fingerprint density at radius 1 is 1.42 bits per heavy atom. The fourth-order valence-electron chi connectivity index (χ4n) is 1.90. The summed E-state index contributed by atoms with van der Waals surface area (Å²) in [5, 5.41) is 29.0. The third kappa shape index (κ3) is 2.32. The first-order valence-electron chi connectivity index (χ1n) is 5.43. The van der Waals surface area contributed by atoms with Gasteiger partial charge in [-0.1, -0.05) is 5.92 Å². The molecule has 1 fully saturated rings. The molecule has 5 atom stereocenters. The van der Waals surface area contributed by atoms with Gasteiger partial charge < -0.3 is 20.1 Å². The number of aromatic amines is 1. The summed E-state index contributed by atoms with van der Waals surface area (Å²) in [6.07, 6.45) is -0.673. The number of nitrogens with one attached hydrogen (secondary N) is 1. The van der Waals surface area contributed by atoms with E-state index in [9.17, 15) is 24.9 Å². The molecule has 0 spiro atoms. The smallest absolute Gasteiger partial charge is 0.330 e. The lowest BCUT2D eigenvalue weighted by Crippen LogP contribution is -2.39. The molecule has 102 valence electrons. The highest BCUT2D eigenvalue weighted by atomic mass is 16.6.